The quantitative estimate of drug-likeness (QED) is 0.873. The maximum atomic E-state index is 11.6. The molecule has 1 N–H and O–H groups in total. The van der Waals surface area contributed by atoms with Crippen molar-refractivity contribution in [1.82, 2.24) is 10.2 Å². The van der Waals surface area contributed by atoms with Crippen LogP contribution >= 0.6 is 11.3 Å². The minimum Gasteiger partial charge on any atom is -0.278 e. The van der Waals surface area contributed by atoms with Gasteiger partial charge in [-0.15, -0.1) is 10.2 Å². The fourth-order valence-corrected chi connectivity index (χ4v) is 2.55. The Morgan fingerprint density at radius 2 is 2.00 bits per heavy atom. The van der Waals surface area contributed by atoms with Gasteiger partial charge < -0.3 is 0 Å². The first kappa shape index (κ1) is 10.1. The summed E-state index contributed by atoms with van der Waals surface area (Å²) in [5, 5.41) is 6.80. The zero-order valence-corrected chi connectivity index (χ0v) is 9.05. The van der Waals surface area contributed by atoms with E-state index in [9.17, 15) is 8.42 Å². The lowest BCUT2D eigenvalue weighted by atomic mass is 10.3. The van der Waals surface area contributed by atoms with Gasteiger partial charge in [-0.3, -0.25) is 4.72 Å². The average molecular weight is 240 g/mol. The number of hydrogen-bond acceptors (Lipinski definition) is 5. The van der Waals surface area contributed by atoms with Crippen LogP contribution in [0.15, 0.2) is 34.7 Å². The van der Waals surface area contributed by atoms with Gasteiger partial charge in [0.25, 0.3) is 14.4 Å². The van der Waals surface area contributed by atoms with E-state index in [1.165, 1.54) is 0 Å². The normalized spacial score (nSPS) is 11.2. The van der Waals surface area contributed by atoms with Gasteiger partial charge in [-0.1, -0.05) is 29.5 Å². The highest BCUT2D eigenvalue weighted by Crippen LogP contribution is 2.15. The Labute approximate surface area is 90.8 Å². The van der Waals surface area contributed by atoms with Crippen LogP contribution in [0.5, 0.6) is 0 Å². The SMILES string of the molecule is O=S(=O)(Nc1ccccc1)c1nn[c]s1. The first-order valence-electron chi connectivity index (χ1n) is 3.96. The highest BCUT2D eigenvalue weighted by Gasteiger charge is 2.17. The van der Waals surface area contributed by atoms with Crippen molar-refractivity contribution < 1.29 is 8.42 Å². The topological polar surface area (TPSA) is 72.0 Å². The Morgan fingerprint density at radius 1 is 1.27 bits per heavy atom. The molecule has 0 amide bonds. The molecule has 0 bridgehead atoms. The van der Waals surface area contributed by atoms with Crippen molar-refractivity contribution in [2.75, 3.05) is 4.72 Å². The van der Waals surface area contributed by atoms with Crippen molar-refractivity contribution in [1.29, 1.82) is 0 Å². The van der Waals surface area contributed by atoms with E-state index < -0.39 is 10.0 Å². The molecule has 15 heavy (non-hydrogen) atoms. The summed E-state index contributed by atoms with van der Waals surface area (Å²) in [4.78, 5) is 0. The van der Waals surface area contributed by atoms with Gasteiger partial charge >= 0.3 is 0 Å². The third-order valence-electron chi connectivity index (χ3n) is 1.56. The van der Waals surface area contributed by atoms with Crippen molar-refractivity contribution in [3.05, 3.63) is 35.8 Å². The highest BCUT2D eigenvalue weighted by atomic mass is 32.2. The molecule has 0 spiro atoms. The van der Waals surface area contributed by atoms with Crippen LogP contribution in [0, 0.1) is 5.51 Å². The molecule has 0 saturated carbocycles. The third-order valence-corrected chi connectivity index (χ3v) is 3.94. The Bertz CT molecular complexity index is 522. The predicted octanol–water partition coefficient (Wildman–Crippen LogP) is 1.14. The molecule has 2 rings (SSSR count). The third kappa shape index (κ3) is 2.31. The van der Waals surface area contributed by atoms with Crippen LogP contribution in [0.3, 0.4) is 0 Å². The van der Waals surface area contributed by atoms with Crippen LogP contribution in [0.1, 0.15) is 0 Å². The monoisotopic (exact) mass is 240 g/mol. The molecule has 0 saturated heterocycles. The number of nitrogens with one attached hydrogen (secondary N) is 1. The summed E-state index contributed by atoms with van der Waals surface area (Å²) in [6.07, 6.45) is 0. The van der Waals surface area contributed by atoms with Crippen molar-refractivity contribution in [3.8, 4) is 0 Å². The summed E-state index contributed by atoms with van der Waals surface area (Å²) in [5.41, 5.74) is 2.88. The second kappa shape index (κ2) is 3.95. The van der Waals surface area contributed by atoms with E-state index in [1.54, 1.807) is 30.3 Å². The molecule has 0 aliphatic rings. The Kier molecular flexibility index (Phi) is 2.65. The van der Waals surface area contributed by atoms with Crippen LogP contribution in [-0.2, 0) is 10.0 Å². The molecule has 0 aliphatic carbocycles. The lowest BCUT2D eigenvalue weighted by Gasteiger charge is -2.03. The lowest BCUT2D eigenvalue weighted by molar-refractivity contribution is 0.599. The first-order chi connectivity index (χ1) is 7.18. The number of anilines is 1. The van der Waals surface area contributed by atoms with E-state index in [1.807, 2.05) is 0 Å². The van der Waals surface area contributed by atoms with Crippen molar-refractivity contribution in [3.63, 3.8) is 0 Å². The summed E-state index contributed by atoms with van der Waals surface area (Å²) < 4.78 is 25.6. The Balaban J connectivity index is 2.27. The van der Waals surface area contributed by atoms with Crippen LogP contribution in [-0.4, -0.2) is 18.6 Å². The first-order valence-corrected chi connectivity index (χ1v) is 6.26. The predicted molar refractivity (Wildman–Crippen MR) is 56.0 cm³/mol. The number of aromatic nitrogens is 2. The molecule has 0 aliphatic heterocycles. The van der Waals surface area contributed by atoms with Gasteiger partial charge in [0, 0.05) is 5.69 Å². The zero-order valence-electron chi connectivity index (χ0n) is 7.41. The molecule has 1 aromatic heterocycles. The minimum atomic E-state index is -3.61. The zero-order chi connectivity index (χ0) is 10.7. The van der Waals surface area contributed by atoms with Crippen LogP contribution < -0.4 is 4.72 Å². The largest absolute Gasteiger partial charge is 0.291 e. The number of para-hydroxylation sites is 1. The molecule has 1 heterocycles. The fourth-order valence-electron chi connectivity index (χ4n) is 0.955. The summed E-state index contributed by atoms with van der Waals surface area (Å²) in [7, 11) is -3.61. The molecule has 77 valence electrons. The number of hydrogen-bond donors (Lipinski definition) is 1. The van der Waals surface area contributed by atoms with E-state index in [0.717, 1.165) is 11.3 Å². The average Bonchev–Trinajstić information content (AvgIpc) is 2.71. The van der Waals surface area contributed by atoms with E-state index >= 15 is 0 Å². The van der Waals surface area contributed by atoms with E-state index in [4.69, 9.17) is 0 Å². The maximum Gasteiger partial charge on any atom is 0.291 e. The fraction of sp³-hybridized carbons (Fsp3) is 0. The minimum absolute atomic E-state index is 0.0913. The van der Waals surface area contributed by atoms with Gasteiger partial charge in [-0.2, -0.15) is 8.42 Å². The lowest BCUT2D eigenvalue weighted by Crippen LogP contribution is -2.12. The Hall–Kier alpha value is -1.47. The molecule has 1 radical (unpaired) electrons. The maximum absolute atomic E-state index is 11.6. The van der Waals surface area contributed by atoms with Gasteiger partial charge in [-0.25, -0.2) is 0 Å². The van der Waals surface area contributed by atoms with Crippen LogP contribution in [0.25, 0.3) is 0 Å². The van der Waals surface area contributed by atoms with Gasteiger partial charge in [0.1, 0.15) is 0 Å². The molecule has 5 nitrogen and oxygen atoms in total. The standard InChI is InChI=1S/C8H6N3O2S2/c12-15(13,8-10-9-6-14-8)11-7-4-2-1-3-5-7/h1-5,11H. The molecule has 0 fully saturated rings. The van der Waals surface area contributed by atoms with E-state index in [0.29, 0.717) is 5.69 Å². The van der Waals surface area contributed by atoms with Crippen molar-refractivity contribution >= 4 is 27.0 Å². The van der Waals surface area contributed by atoms with E-state index in [-0.39, 0.29) is 4.34 Å². The summed E-state index contributed by atoms with van der Waals surface area (Å²) in [6.45, 7) is 0. The molecular formula is C8H6N3O2S2. The van der Waals surface area contributed by atoms with Gasteiger partial charge in [-0.05, 0) is 12.1 Å². The van der Waals surface area contributed by atoms with Gasteiger partial charge in [0.2, 0.25) is 0 Å². The molecule has 2 aromatic rings. The molecule has 1 aromatic carbocycles. The number of rotatable bonds is 3. The molecular weight excluding hydrogens is 234 g/mol. The number of sulfonamides is 1. The molecule has 0 unspecified atom stereocenters. The van der Waals surface area contributed by atoms with Gasteiger partial charge in [0.15, 0.2) is 5.51 Å². The molecule has 7 heteroatoms. The summed E-state index contributed by atoms with van der Waals surface area (Å²) >= 11 is 0.851. The highest BCUT2D eigenvalue weighted by molar-refractivity contribution is 7.94. The number of benzene rings is 1. The number of nitrogens with zero attached hydrogens (tertiary/aromatic N) is 2. The Morgan fingerprint density at radius 3 is 2.60 bits per heavy atom. The van der Waals surface area contributed by atoms with Gasteiger partial charge in [0.05, 0.1) is 0 Å². The van der Waals surface area contributed by atoms with E-state index in [2.05, 4.69) is 20.4 Å². The summed E-state index contributed by atoms with van der Waals surface area (Å²) in [5.74, 6) is 0. The van der Waals surface area contributed by atoms with Crippen LogP contribution in [0.4, 0.5) is 5.69 Å². The van der Waals surface area contributed by atoms with Crippen molar-refractivity contribution in [2.24, 2.45) is 0 Å². The molecule has 0 atom stereocenters. The second-order valence-electron chi connectivity index (χ2n) is 2.63. The van der Waals surface area contributed by atoms with Crippen molar-refractivity contribution in [2.45, 2.75) is 4.34 Å². The smallest absolute Gasteiger partial charge is 0.278 e. The summed E-state index contributed by atoms with van der Waals surface area (Å²) in [6, 6.07) is 8.59. The second-order valence-corrected chi connectivity index (χ2v) is 5.26. The van der Waals surface area contributed by atoms with Crippen LogP contribution in [0.2, 0.25) is 0 Å².